The zero-order valence-electron chi connectivity index (χ0n) is 12.1. The molecular formula is C15H16F3NO4. The molecule has 126 valence electrons. The summed E-state index contributed by atoms with van der Waals surface area (Å²) in [4.78, 5) is 22.8. The van der Waals surface area contributed by atoms with Crippen LogP contribution in [-0.2, 0) is 16.0 Å². The summed E-state index contributed by atoms with van der Waals surface area (Å²) in [5, 5.41) is 11.5. The first-order valence-electron chi connectivity index (χ1n) is 7.11. The van der Waals surface area contributed by atoms with Crippen LogP contribution in [0, 0.1) is 5.92 Å². The van der Waals surface area contributed by atoms with Gasteiger partial charge in [-0.05, 0) is 42.9 Å². The van der Waals surface area contributed by atoms with Crippen LogP contribution in [0.25, 0.3) is 0 Å². The lowest BCUT2D eigenvalue weighted by Crippen LogP contribution is -2.42. The van der Waals surface area contributed by atoms with E-state index >= 15 is 0 Å². The molecule has 1 amide bonds. The lowest BCUT2D eigenvalue weighted by molar-refractivity contribution is -0.274. The second-order valence-corrected chi connectivity index (χ2v) is 5.41. The summed E-state index contributed by atoms with van der Waals surface area (Å²) in [5.41, 5.74) is 0.660. The highest BCUT2D eigenvalue weighted by atomic mass is 19.4. The predicted octanol–water partition coefficient (Wildman–Crippen LogP) is 2.50. The zero-order chi connectivity index (χ0) is 17.0. The number of nitrogens with one attached hydrogen (secondary N) is 1. The number of rotatable bonds is 7. The van der Waals surface area contributed by atoms with Gasteiger partial charge in [0.2, 0.25) is 5.91 Å². The minimum Gasteiger partial charge on any atom is -0.480 e. The largest absolute Gasteiger partial charge is 0.573 e. The molecule has 1 saturated carbocycles. The molecule has 0 aliphatic heterocycles. The summed E-state index contributed by atoms with van der Waals surface area (Å²) in [6, 6.07) is 4.36. The van der Waals surface area contributed by atoms with Crippen LogP contribution in [0.4, 0.5) is 13.2 Å². The van der Waals surface area contributed by atoms with Crippen molar-refractivity contribution in [3.63, 3.8) is 0 Å². The van der Waals surface area contributed by atoms with Crippen molar-refractivity contribution in [1.29, 1.82) is 0 Å². The van der Waals surface area contributed by atoms with Gasteiger partial charge >= 0.3 is 12.3 Å². The van der Waals surface area contributed by atoms with E-state index in [0.717, 1.165) is 12.8 Å². The van der Waals surface area contributed by atoms with Gasteiger partial charge in [0.05, 0.1) is 0 Å². The molecule has 1 aromatic carbocycles. The Morgan fingerprint density at radius 1 is 1.26 bits per heavy atom. The lowest BCUT2D eigenvalue weighted by Gasteiger charge is -2.13. The number of alkyl halides is 3. The predicted molar refractivity (Wildman–Crippen MR) is 73.7 cm³/mol. The molecule has 1 aromatic rings. The number of benzene rings is 1. The number of carboxylic acids is 1. The fourth-order valence-corrected chi connectivity index (χ4v) is 2.17. The maximum absolute atomic E-state index is 12.0. The summed E-state index contributed by atoms with van der Waals surface area (Å²) in [5.74, 6) is -1.77. The number of aliphatic carboxylic acids is 1. The Labute approximate surface area is 130 Å². The van der Waals surface area contributed by atoms with E-state index in [1.807, 2.05) is 0 Å². The molecule has 1 aliphatic carbocycles. The van der Waals surface area contributed by atoms with E-state index in [-0.39, 0.29) is 24.0 Å². The zero-order valence-corrected chi connectivity index (χ0v) is 12.1. The van der Waals surface area contributed by atoms with Crippen molar-refractivity contribution in [3.8, 4) is 5.75 Å². The fourth-order valence-electron chi connectivity index (χ4n) is 2.17. The normalized spacial score (nSPS) is 15.8. The van der Waals surface area contributed by atoms with Gasteiger partial charge in [-0.3, -0.25) is 4.79 Å². The van der Waals surface area contributed by atoms with E-state index in [1.54, 1.807) is 0 Å². The number of carbonyl (C=O) groups is 2. The highest BCUT2D eigenvalue weighted by Crippen LogP contribution is 2.32. The fraction of sp³-hybridized carbons (Fsp3) is 0.467. The summed E-state index contributed by atoms with van der Waals surface area (Å²) in [6.45, 7) is 0. The van der Waals surface area contributed by atoms with E-state index in [1.165, 1.54) is 24.3 Å². The second kappa shape index (κ2) is 6.89. The van der Waals surface area contributed by atoms with Gasteiger partial charge in [0.1, 0.15) is 11.8 Å². The Kier molecular flexibility index (Phi) is 5.12. The molecule has 2 rings (SSSR count). The summed E-state index contributed by atoms with van der Waals surface area (Å²) in [6.07, 6.45) is -2.79. The minimum absolute atomic E-state index is 0.00440. The van der Waals surface area contributed by atoms with E-state index < -0.39 is 18.4 Å². The number of aryl methyl sites for hydroxylation is 1. The molecule has 0 bridgehead atoms. The van der Waals surface area contributed by atoms with Crippen molar-refractivity contribution in [2.75, 3.05) is 0 Å². The van der Waals surface area contributed by atoms with Crippen molar-refractivity contribution in [2.24, 2.45) is 5.92 Å². The first kappa shape index (κ1) is 17.1. The Hall–Kier alpha value is -2.25. The van der Waals surface area contributed by atoms with Crippen LogP contribution in [0.15, 0.2) is 24.3 Å². The van der Waals surface area contributed by atoms with Crippen LogP contribution < -0.4 is 10.1 Å². The molecule has 1 aliphatic rings. The van der Waals surface area contributed by atoms with Gasteiger partial charge in [-0.25, -0.2) is 4.79 Å². The molecular weight excluding hydrogens is 315 g/mol. The first-order chi connectivity index (χ1) is 10.7. The highest BCUT2D eigenvalue weighted by Gasteiger charge is 2.37. The summed E-state index contributed by atoms with van der Waals surface area (Å²) >= 11 is 0. The first-order valence-corrected chi connectivity index (χ1v) is 7.11. The van der Waals surface area contributed by atoms with Crippen LogP contribution in [0.3, 0.4) is 0 Å². The molecule has 0 spiro atoms. The van der Waals surface area contributed by atoms with Gasteiger partial charge in [0, 0.05) is 6.42 Å². The smallest absolute Gasteiger partial charge is 0.480 e. The topological polar surface area (TPSA) is 75.6 Å². The molecule has 8 heteroatoms. The minimum atomic E-state index is -4.74. The molecule has 1 unspecified atom stereocenters. The summed E-state index contributed by atoms with van der Waals surface area (Å²) < 4.78 is 39.8. The van der Waals surface area contributed by atoms with Crippen molar-refractivity contribution < 1.29 is 32.6 Å². The molecule has 0 aromatic heterocycles. The Bertz CT molecular complexity index is 567. The van der Waals surface area contributed by atoms with Crippen molar-refractivity contribution in [3.05, 3.63) is 29.8 Å². The number of carbonyl (C=O) groups excluding carboxylic acids is 1. The molecule has 0 saturated heterocycles. The van der Waals surface area contributed by atoms with Crippen molar-refractivity contribution in [1.82, 2.24) is 5.32 Å². The maximum Gasteiger partial charge on any atom is 0.573 e. The number of carboxylic acid groups (broad SMARTS) is 1. The van der Waals surface area contributed by atoms with Gasteiger partial charge in [-0.15, -0.1) is 13.2 Å². The number of halogens is 3. The third-order valence-corrected chi connectivity index (χ3v) is 3.47. The van der Waals surface area contributed by atoms with Crippen molar-refractivity contribution in [2.45, 2.75) is 38.1 Å². The molecule has 1 fully saturated rings. The maximum atomic E-state index is 12.0. The van der Waals surface area contributed by atoms with E-state index in [2.05, 4.69) is 10.1 Å². The van der Waals surface area contributed by atoms with Crippen LogP contribution >= 0.6 is 0 Å². The molecule has 23 heavy (non-hydrogen) atoms. The SMILES string of the molecule is O=C(CCc1ccc(OC(F)(F)F)cc1)NC(C(=O)O)C1CC1. The lowest BCUT2D eigenvalue weighted by atomic mass is 10.1. The summed E-state index contributed by atoms with van der Waals surface area (Å²) in [7, 11) is 0. The second-order valence-electron chi connectivity index (χ2n) is 5.41. The van der Waals surface area contributed by atoms with E-state index in [0.29, 0.717) is 12.0 Å². The highest BCUT2D eigenvalue weighted by molar-refractivity contribution is 5.84. The van der Waals surface area contributed by atoms with Crippen LogP contribution in [0.2, 0.25) is 0 Å². The van der Waals surface area contributed by atoms with Gasteiger partial charge in [0.15, 0.2) is 0 Å². The molecule has 1 atom stereocenters. The standard InChI is InChI=1S/C15H16F3NO4/c16-15(17,18)23-11-6-1-9(2-7-11)3-8-12(20)19-13(14(21)22)10-4-5-10/h1-2,6-7,10,13H,3-5,8H2,(H,19,20)(H,21,22). The van der Waals surface area contributed by atoms with Crippen LogP contribution in [0.5, 0.6) is 5.75 Å². The molecule has 2 N–H and O–H groups in total. The third-order valence-electron chi connectivity index (χ3n) is 3.47. The Morgan fingerprint density at radius 3 is 2.35 bits per heavy atom. The monoisotopic (exact) mass is 331 g/mol. The number of hydrogen-bond donors (Lipinski definition) is 2. The number of ether oxygens (including phenoxy) is 1. The van der Waals surface area contributed by atoms with Gasteiger partial charge in [-0.1, -0.05) is 12.1 Å². The molecule has 0 radical (unpaired) electrons. The average molecular weight is 331 g/mol. The van der Waals surface area contributed by atoms with Gasteiger partial charge in [-0.2, -0.15) is 0 Å². The Balaban J connectivity index is 1.81. The Morgan fingerprint density at radius 2 is 1.87 bits per heavy atom. The average Bonchev–Trinajstić information content (AvgIpc) is 3.26. The van der Waals surface area contributed by atoms with Gasteiger partial charge in [0.25, 0.3) is 0 Å². The number of amides is 1. The molecule has 5 nitrogen and oxygen atoms in total. The van der Waals surface area contributed by atoms with E-state index in [9.17, 15) is 22.8 Å². The van der Waals surface area contributed by atoms with Crippen LogP contribution in [0.1, 0.15) is 24.8 Å². The molecule has 0 heterocycles. The number of hydrogen-bond acceptors (Lipinski definition) is 3. The third kappa shape index (κ3) is 5.80. The van der Waals surface area contributed by atoms with Gasteiger partial charge < -0.3 is 15.2 Å². The quantitative estimate of drug-likeness (QED) is 0.805. The van der Waals surface area contributed by atoms with Crippen molar-refractivity contribution >= 4 is 11.9 Å². The van der Waals surface area contributed by atoms with E-state index in [4.69, 9.17) is 5.11 Å². The van der Waals surface area contributed by atoms with Crippen LogP contribution in [-0.4, -0.2) is 29.4 Å².